The molecule has 1 N–H and O–H groups in total. The van der Waals surface area contributed by atoms with Crippen LogP contribution >= 0.6 is 11.6 Å². The topological polar surface area (TPSA) is 64.6 Å². The van der Waals surface area contributed by atoms with E-state index in [2.05, 4.69) is 4.72 Å². The molecule has 5 nitrogen and oxygen atoms in total. The second-order valence-corrected chi connectivity index (χ2v) is 7.31. The Morgan fingerprint density at radius 2 is 1.78 bits per heavy atom. The normalized spacial score (nSPS) is 14.2. The summed E-state index contributed by atoms with van der Waals surface area (Å²) in [5.41, 5.74) is 1.29. The average Bonchev–Trinajstić information content (AvgIpc) is 2.71. The van der Waals surface area contributed by atoms with E-state index in [9.17, 15) is 8.42 Å². The van der Waals surface area contributed by atoms with E-state index < -0.39 is 10.0 Å². The molecule has 2 aromatic carbocycles. The first kappa shape index (κ1) is 16.0. The molecule has 122 valence electrons. The van der Waals surface area contributed by atoms with Gasteiger partial charge in [0.2, 0.25) is 0 Å². The van der Waals surface area contributed by atoms with Crippen LogP contribution < -0.4 is 14.2 Å². The highest BCUT2D eigenvalue weighted by atomic mass is 35.5. The Morgan fingerprint density at radius 3 is 2.52 bits per heavy atom. The van der Waals surface area contributed by atoms with Gasteiger partial charge in [0.15, 0.2) is 11.5 Å². The fourth-order valence-corrected chi connectivity index (χ4v) is 3.91. The maximum Gasteiger partial charge on any atom is 0.263 e. The van der Waals surface area contributed by atoms with Crippen molar-refractivity contribution in [3.8, 4) is 11.5 Å². The number of ether oxygens (including phenoxy) is 2. The van der Waals surface area contributed by atoms with Crippen LogP contribution in [0.4, 0.5) is 5.69 Å². The highest BCUT2D eigenvalue weighted by Gasteiger charge is 2.19. The Kier molecular flexibility index (Phi) is 4.37. The number of nitrogens with one attached hydrogen (secondary N) is 1. The van der Waals surface area contributed by atoms with Crippen molar-refractivity contribution in [2.24, 2.45) is 0 Å². The first-order valence-corrected chi connectivity index (χ1v) is 9.00. The van der Waals surface area contributed by atoms with Crippen LogP contribution in [0.25, 0.3) is 0 Å². The van der Waals surface area contributed by atoms with Gasteiger partial charge in [-0.05, 0) is 36.8 Å². The lowest BCUT2D eigenvalue weighted by Gasteiger charge is -2.12. The Morgan fingerprint density at radius 1 is 1.04 bits per heavy atom. The van der Waals surface area contributed by atoms with Crippen molar-refractivity contribution in [1.29, 1.82) is 0 Å². The van der Waals surface area contributed by atoms with Crippen molar-refractivity contribution in [1.82, 2.24) is 0 Å². The van der Waals surface area contributed by atoms with Crippen LogP contribution in [0, 0.1) is 6.92 Å². The third kappa shape index (κ3) is 3.54. The molecule has 0 saturated heterocycles. The Bertz CT molecular complexity index is 836. The predicted octanol–water partition coefficient (Wildman–Crippen LogP) is 3.61. The summed E-state index contributed by atoms with van der Waals surface area (Å²) >= 11 is 6.05. The molecule has 0 amide bonds. The highest BCUT2D eigenvalue weighted by Crippen LogP contribution is 2.33. The number of anilines is 1. The molecule has 0 aliphatic carbocycles. The van der Waals surface area contributed by atoms with Gasteiger partial charge in [-0.15, -0.1) is 0 Å². The van der Waals surface area contributed by atoms with Crippen LogP contribution in [-0.2, 0) is 10.0 Å². The van der Waals surface area contributed by atoms with Crippen molar-refractivity contribution in [2.45, 2.75) is 18.2 Å². The van der Waals surface area contributed by atoms with E-state index in [0.717, 1.165) is 12.0 Å². The molecule has 1 heterocycles. The van der Waals surface area contributed by atoms with Crippen LogP contribution in [-0.4, -0.2) is 21.6 Å². The summed E-state index contributed by atoms with van der Waals surface area (Å²) in [5, 5.41) is 0.187. The minimum atomic E-state index is -3.77. The molecule has 1 aliphatic rings. The summed E-state index contributed by atoms with van der Waals surface area (Å²) in [7, 11) is -3.77. The van der Waals surface area contributed by atoms with Gasteiger partial charge in [-0.1, -0.05) is 17.7 Å². The number of hydrogen-bond donors (Lipinski definition) is 1. The molecule has 7 heteroatoms. The molecule has 0 bridgehead atoms. The number of aryl methyl sites for hydroxylation is 1. The van der Waals surface area contributed by atoms with Gasteiger partial charge in [-0.25, -0.2) is 8.42 Å². The molecule has 3 rings (SSSR count). The Balaban J connectivity index is 1.90. The van der Waals surface area contributed by atoms with E-state index in [1.54, 1.807) is 30.3 Å². The zero-order chi connectivity index (χ0) is 16.4. The smallest absolute Gasteiger partial charge is 0.263 e. The molecule has 0 fully saturated rings. The van der Waals surface area contributed by atoms with Gasteiger partial charge in [0.1, 0.15) is 4.90 Å². The minimum absolute atomic E-state index is 0.0388. The SMILES string of the molecule is Cc1ccc(S(=O)(=O)Nc2ccc3c(c2)OCCCO3)c(Cl)c1. The molecule has 0 unspecified atom stereocenters. The summed E-state index contributed by atoms with van der Waals surface area (Å²) in [4.78, 5) is 0.0388. The highest BCUT2D eigenvalue weighted by molar-refractivity contribution is 7.92. The quantitative estimate of drug-likeness (QED) is 0.915. The van der Waals surface area contributed by atoms with Gasteiger partial charge in [0, 0.05) is 12.5 Å². The van der Waals surface area contributed by atoms with Crippen LogP contribution in [0.15, 0.2) is 41.3 Å². The third-order valence-corrected chi connectivity index (χ3v) is 5.24. The summed E-state index contributed by atoms with van der Waals surface area (Å²) in [6.07, 6.45) is 0.786. The summed E-state index contributed by atoms with van der Waals surface area (Å²) in [6.45, 7) is 2.96. The van der Waals surface area contributed by atoms with Gasteiger partial charge in [0.05, 0.1) is 23.9 Å². The molecule has 0 saturated carbocycles. The van der Waals surface area contributed by atoms with Crippen LogP contribution in [0.1, 0.15) is 12.0 Å². The molecular weight excluding hydrogens is 338 g/mol. The number of sulfonamides is 1. The molecule has 1 aliphatic heterocycles. The lowest BCUT2D eigenvalue weighted by atomic mass is 10.2. The lowest BCUT2D eigenvalue weighted by molar-refractivity contribution is 0.297. The van der Waals surface area contributed by atoms with Gasteiger partial charge < -0.3 is 9.47 Å². The lowest BCUT2D eigenvalue weighted by Crippen LogP contribution is -2.13. The van der Waals surface area contributed by atoms with Crippen LogP contribution in [0.2, 0.25) is 5.02 Å². The van der Waals surface area contributed by atoms with Crippen LogP contribution in [0.3, 0.4) is 0 Å². The van der Waals surface area contributed by atoms with Crippen molar-refractivity contribution in [2.75, 3.05) is 17.9 Å². The fourth-order valence-electron chi connectivity index (χ4n) is 2.26. The molecule has 2 aromatic rings. The van der Waals surface area contributed by atoms with Gasteiger partial charge in [0.25, 0.3) is 10.0 Å². The number of hydrogen-bond acceptors (Lipinski definition) is 4. The maximum absolute atomic E-state index is 12.5. The average molecular weight is 354 g/mol. The monoisotopic (exact) mass is 353 g/mol. The standard InChI is InChI=1S/C16H16ClNO4S/c1-11-3-6-16(13(17)9-11)23(19,20)18-12-4-5-14-15(10-12)22-8-2-7-21-14/h3-6,9-10,18H,2,7-8H2,1H3. The number of benzene rings is 2. The summed E-state index contributed by atoms with van der Waals surface area (Å²) < 4.78 is 38.6. The maximum atomic E-state index is 12.5. The number of rotatable bonds is 3. The second kappa shape index (κ2) is 6.29. The number of fused-ring (bicyclic) bond motifs is 1. The van der Waals surface area contributed by atoms with E-state index in [-0.39, 0.29) is 9.92 Å². The van der Waals surface area contributed by atoms with E-state index in [4.69, 9.17) is 21.1 Å². The third-order valence-electron chi connectivity index (χ3n) is 3.38. The van der Waals surface area contributed by atoms with Crippen molar-refractivity contribution < 1.29 is 17.9 Å². The zero-order valence-corrected chi connectivity index (χ0v) is 14.1. The van der Waals surface area contributed by atoms with Crippen molar-refractivity contribution in [3.05, 3.63) is 47.0 Å². The molecule has 23 heavy (non-hydrogen) atoms. The van der Waals surface area contributed by atoms with E-state index in [1.807, 2.05) is 6.92 Å². The predicted molar refractivity (Wildman–Crippen MR) is 89.0 cm³/mol. The largest absolute Gasteiger partial charge is 0.490 e. The molecule has 0 spiro atoms. The van der Waals surface area contributed by atoms with E-state index in [1.165, 1.54) is 6.07 Å². The Hall–Kier alpha value is -1.92. The van der Waals surface area contributed by atoms with Crippen LogP contribution in [0.5, 0.6) is 11.5 Å². The van der Waals surface area contributed by atoms with Gasteiger partial charge in [-0.2, -0.15) is 0 Å². The van der Waals surface area contributed by atoms with E-state index >= 15 is 0 Å². The second-order valence-electron chi connectivity index (χ2n) is 5.25. The summed E-state index contributed by atoms with van der Waals surface area (Å²) in [6, 6.07) is 9.74. The van der Waals surface area contributed by atoms with Gasteiger partial charge >= 0.3 is 0 Å². The first-order valence-electron chi connectivity index (χ1n) is 7.14. The van der Waals surface area contributed by atoms with Gasteiger partial charge in [-0.3, -0.25) is 4.72 Å². The first-order chi connectivity index (χ1) is 11.0. The molecule has 0 aromatic heterocycles. The van der Waals surface area contributed by atoms with Crippen molar-refractivity contribution in [3.63, 3.8) is 0 Å². The van der Waals surface area contributed by atoms with E-state index in [0.29, 0.717) is 30.4 Å². The zero-order valence-electron chi connectivity index (χ0n) is 12.5. The Labute approximate surface area is 140 Å². The summed E-state index contributed by atoms with van der Waals surface area (Å²) in [5.74, 6) is 1.14. The number of halogens is 1. The minimum Gasteiger partial charge on any atom is -0.490 e. The molecule has 0 radical (unpaired) electrons. The molecule has 0 atom stereocenters. The van der Waals surface area contributed by atoms with Crippen molar-refractivity contribution >= 4 is 27.3 Å². The fraction of sp³-hybridized carbons (Fsp3) is 0.250. The molecular formula is C16H16ClNO4S.